The quantitative estimate of drug-likeness (QED) is 0.334. The first-order valence-corrected chi connectivity index (χ1v) is 11.5. The lowest BCUT2D eigenvalue weighted by molar-refractivity contribution is 0.246. The number of rotatable bonds is 8. The Kier molecular flexibility index (Phi) is 8.59. The third-order valence-corrected chi connectivity index (χ3v) is 7.15. The van der Waals surface area contributed by atoms with E-state index in [1.54, 1.807) is 0 Å². The van der Waals surface area contributed by atoms with Crippen molar-refractivity contribution < 1.29 is 4.39 Å². The van der Waals surface area contributed by atoms with Gasteiger partial charge in [-0.1, -0.05) is 37.1 Å². The maximum atomic E-state index is 12.1. The van der Waals surface area contributed by atoms with Crippen LogP contribution in [0.2, 0.25) is 0 Å². The Morgan fingerprint density at radius 2 is 1.50 bits per heavy atom. The highest BCUT2D eigenvalue weighted by atomic mass is 19.1. The van der Waals surface area contributed by atoms with Crippen molar-refractivity contribution in [1.82, 2.24) is 0 Å². The smallest absolute Gasteiger partial charge is 0.0991 e. The normalized spacial score (nSPS) is 28.3. The second-order valence-electron chi connectivity index (χ2n) is 9.07. The fourth-order valence-electron chi connectivity index (χ4n) is 5.24. The molecule has 0 amide bonds. The van der Waals surface area contributed by atoms with Crippen LogP contribution in [0.3, 0.4) is 0 Å². The standard InChI is InChI=1S/C26H36FN/c27-19-3-1-2-4-21-5-7-22(8-6-21)9-10-23-11-15-25(16-12-23)26-17-13-24(20-28)14-18-26/h2,4,13-14,17-18,21-23,25H,1,3,5-12,15-16,19H2. The largest absolute Gasteiger partial charge is 0.251 e. The van der Waals surface area contributed by atoms with Gasteiger partial charge in [-0.3, -0.25) is 4.39 Å². The van der Waals surface area contributed by atoms with Gasteiger partial charge in [-0.2, -0.15) is 5.26 Å². The molecule has 2 saturated carbocycles. The summed E-state index contributed by atoms with van der Waals surface area (Å²) in [6.45, 7) is -0.188. The van der Waals surface area contributed by atoms with Crippen LogP contribution < -0.4 is 0 Å². The molecule has 2 aliphatic rings. The molecule has 0 N–H and O–H groups in total. The number of halogens is 1. The average Bonchev–Trinajstić information content (AvgIpc) is 2.76. The molecule has 28 heavy (non-hydrogen) atoms. The van der Waals surface area contributed by atoms with Crippen molar-refractivity contribution in [3.8, 4) is 6.07 Å². The van der Waals surface area contributed by atoms with Crippen LogP contribution in [0.4, 0.5) is 4.39 Å². The number of unbranched alkanes of at least 4 members (excludes halogenated alkanes) is 1. The van der Waals surface area contributed by atoms with Crippen LogP contribution in [0.15, 0.2) is 36.4 Å². The summed E-state index contributed by atoms with van der Waals surface area (Å²) in [5, 5.41) is 8.95. The zero-order valence-electron chi connectivity index (χ0n) is 17.3. The van der Waals surface area contributed by atoms with Gasteiger partial charge in [0.15, 0.2) is 0 Å². The highest BCUT2D eigenvalue weighted by molar-refractivity contribution is 5.33. The first-order chi connectivity index (χ1) is 13.8. The Bertz CT molecular complexity index is 625. The summed E-state index contributed by atoms with van der Waals surface area (Å²) in [5.74, 6) is 3.31. The summed E-state index contributed by atoms with van der Waals surface area (Å²) < 4.78 is 12.1. The summed E-state index contributed by atoms with van der Waals surface area (Å²) in [6.07, 6.45) is 19.8. The Morgan fingerprint density at radius 3 is 2.07 bits per heavy atom. The minimum atomic E-state index is -0.188. The monoisotopic (exact) mass is 381 g/mol. The van der Waals surface area contributed by atoms with Gasteiger partial charge in [-0.25, -0.2) is 0 Å². The van der Waals surface area contributed by atoms with E-state index >= 15 is 0 Å². The number of nitrogens with zero attached hydrogens (tertiary/aromatic N) is 1. The molecule has 0 unspecified atom stereocenters. The van der Waals surface area contributed by atoms with Gasteiger partial charge in [0.05, 0.1) is 18.3 Å². The van der Waals surface area contributed by atoms with E-state index < -0.39 is 0 Å². The predicted octanol–water partition coefficient (Wildman–Crippen LogP) is 7.72. The fourth-order valence-corrected chi connectivity index (χ4v) is 5.24. The predicted molar refractivity (Wildman–Crippen MR) is 115 cm³/mol. The molecule has 3 rings (SSSR count). The molecule has 1 aromatic rings. The molecule has 2 fully saturated rings. The molecular formula is C26H36FN. The third-order valence-electron chi connectivity index (χ3n) is 7.15. The van der Waals surface area contributed by atoms with E-state index in [1.165, 1.54) is 69.8 Å². The van der Waals surface area contributed by atoms with Crippen molar-refractivity contribution in [3.05, 3.63) is 47.5 Å². The van der Waals surface area contributed by atoms with E-state index in [4.69, 9.17) is 5.26 Å². The van der Waals surface area contributed by atoms with Crippen molar-refractivity contribution >= 4 is 0 Å². The lowest BCUT2D eigenvalue weighted by Crippen LogP contribution is -2.17. The highest BCUT2D eigenvalue weighted by Crippen LogP contribution is 2.39. The lowest BCUT2D eigenvalue weighted by Gasteiger charge is -2.31. The van der Waals surface area contributed by atoms with Crippen LogP contribution >= 0.6 is 0 Å². The van der Waals surface area contributed by atoms with Crippen LogP contribution in [0.25, 0.3) is 0 Å². The Labute approximate surface area is 171 Å². The number of nitriles is 1. The van der Waals surface area contributed by atoms with Crippen molar-refractivity contribution in [1.29, 1.82) is 5.26 Å². The van der Waals surface area contributed by atoms with Gasteiger partial charge in [0.1, 0.15) is 0 Å². The van der Waals surface area contributed by atoms with Gasteiger partial charge in [0.25, 0.3) is 0 Å². The zero-order chi connectivity index (χ0) is 19.6. The van der Waals surface area contributed by atoms with E-state index in [0.717, 1.165) is 29.7 Å². The molecule has 2 heteroatoms. The fraction of sp³-hybridized carbons (Fsp3) is 0.654. The minimum Gasteiger partial charge on any atom is -0.251 e. The van der Waals surface area contributed by atoms with Crippen molar-refractivity contribution in [2.24, 2.45) is 17.8 Å². The average molecular weight is 382 g/mol. The van der Waals surface area contributed by atoms with Crippen LogP contribution in [0.1, 0.15) is 94.1 Å². The molecule has 0 aromatic heterocycles. The number of allylic oxidation sites excluding steroid dienone is 2. The number of hydrogen-bond donors (Lipinski definition) is 0. The molecule has 152 valence electrons. The molecule has 0 bridgehead atoms. The minimum absolute atomic E-state index is 0.188. The molecule has 0 aliphatic heterocycles. The Hall–Kier alpha value is -1.62. The molecule has 2 aliphatic carbocycles. The zero-order valence-corrected chi connectivity index (χ0v) is 17.3. The Balaban J connectivity index is 1.31. The first-order valence-electron chi connectivity index (χ1n) is 11.5. The number of hydrogen-bond acceptors (Lipinski definition) is 1. The number of benzene rings is 1. The van der Waals surface area contributed by atoms with Gasteiger partial charge >= 0.3 is 0 Å². The Morgan fingerprint density at radius 1 is 0.893 bits per heavy atom. The van der Waals surface area contributed by atoms with Gasteiger partial charge in [0, 0.05) is 0 Å². The molecule has 0 atom stereocenters. The van der Waals surface area contributed by atoms with Crippen LogP contribution in [-0.2, 0) is 0 Å². The van der Waals surface area contributed by atoms with Gasteiger partial charge in [-0.05, 0) is 106 Å². The second-order valence-corrected chi connectivity index (χ2v) is 9.07. The topological polar surface area (TPSA) is 23.8 Å². The van der Waals surface area contributed by atoms with Crippen molar-refractivity contribution in [2.75, 3.05) is 6.67 Å². The van der Waals surface area contributed by atoms with Gasteiger partial charge in [0.2, 0.25) is 0 Å². The molecule has 0 heterocycles. The summed E-state index contributed by atoms with van der Waals surface area (Å²) in [4.78, 5) is 0. The maximum absolute atomic E-state index is 12.1. The number of alkyl halides is 1. The highest BCUT2D eigenvalue weighted by Gasteiger charge is 2.24. The first kappa shape index (κ1) is 21.1. The molecular weight excluding hydrogens is 345 g/mol. The van der Waals surface area contributed by atoms with E-state index in [1.807, 2.05) is 12.1 Å². The molecule has 0 saturated heterocycles. The summed E-state index contributed by atoms with van der Waals surface area (Å²) in [6, 6.07) is 10.5. The summed E-state index contributed by atoms with van der Waals surface area (Å²) in [5.41, 5.74) is 2.19. The van der Waals surface area contributed by atoms with Crippen LogP contribution in [-0.4, -0.2) is 6.67 Å². The molecule has 0 spiro atoms. The summed E-state index contributed by atoms with van der Waals surface area (Å²) >= 11 is 0. The van der Waals surface area contributed by atoms with E-state index in [-0.39, 0.29) is 6.67 Å². The van der Waals surface area contributed by atoms with E-state index in [2.05, 4.69) is 30.4 Å². The van der Waals surface area contributed by atoms with E-state index in [0.29, 0.717) is 12.3 Å². The van der Waals surface area contributed by atoms with Gasteiger partial charge < -0.3 is 0 Å². The second kappa shape index (κ2) is 11.4. The maximum Gasteiger partial charge on any atom is 0.0991 e. The summed E-state index contributed by atoms with van der Waals surface area (Å²) in [7, 11) is 0. The molecule has 0 radical (unpaired) electrons. The molecule has 1 nitrogen and oxygen atoms in total. The van der Waals surface area contributed by atoms with Crippen molar-refractivity contribution in [3.63, 3.8) is 0 Å². The SMILES string of the molecule is N#Cc1ccc(C2CCC(CCC3CCC(C=CCCCF)CC3)CC2)cc1. The van der Waals surface area contributed by atoms with Crippen molar-refractivity contribution in [2.45, 2.75) is 83.0 Å². The molecule has 1 aromatic carbocycles. The van der Waals surface area contributed by atoms with E-state index in [9.17, 15) is 4.39 Å². The third kappa shape index (κ3) is 6.47. The van der Waals surface area contributed by atoms with Crippen LogP contribution in [0, 0.1) is 29.1 Å². The van der Waals surface area contributed by atoms with Crippen LogP contribution in [0.5, 0.6) is 0 Å². The van der Waals surface area contributed by atoms with Gasteiger partial charge in [-0.15, -0.1) is 0 Å². The lowest BCUT2D eigenvalue weighted by atomic mass is 9.74.